The van der Waals surface area contributed by atoms with Crippen LogP contribution in [0.5, 0.6) is 5.75 Å². The first-order valence-electron chi connectivity index (χ1n) is 10.7. The minimum Gasteiger partial charge on any atom is -0.497 e. The number of carbonyl (C=O) groups excluding carboxylic acids is 1. The number of methoxy groups -OCH3 is 1. The number of pyridine rings is 1. The van der Waals surface area contributed by atoms with Crippen LogP contribution in [0.2, 0.25) is 0 Å². The van der Waals surface area contributed by atoms with Crippen LogP contribution >= 0.6 is 0 Å². The van der Waals surface area contributed by atoms with Crippen molar-refractivity contribution in [1.82, 2.24) is 9.88 Å². The molecule has 1 atom stereocenters. The number of rotatable bonds is 9. The Morgan fingerprint density at radius 2 is 1.84 bits per heavy atom. The quantitative estimate of drug-likeness (QED) is 0.471. The van der Waals surface area contributed by atoms with E-state index in [1.165, 1.54) is 12.1 Å². The zero-order chi connectivity index (χ0) is 21.6. The lowest BCUT2D eigenvalue weighted by Gasteiger charge is -2.32. The average molecular weight is 419 g/mol. The van der Waals surface area contributed by atoms with Gasteiger partial charge in [0.05, 0.1) is 25.4 Å². The Kier molecular flexibility index (Phi) is 6.60. The van der Waals surface area contributed by atoms with Crippen LogP contribution in [0, 0.1) is 11.7 Å². The zero-order valence-corrected chi connectivity index (χ0v) is 17.7. The minimum absolute atomic E-state index is 0.00799. The molecule has 1 heterocycles. The number of nitrogens with zero attached hydrogens (tertiary/aromatic N) is 2. The van der Waals surface area contributed by atoms with E-state index in [9.17, 15) is 9.18 Å². The van der Waals surface area contributed by atoms with E-state index in [4.69, 9.17) is 4.74 Å². The van der Waals surface area contributed by atoms with E-state index in [2.05, 4.69) is 17.1 Å². The standard InChI is InChI=1S/C26H27FN2O2/c1-31-24-14-10-21(11-15-24)26(20-8-9-20)29(18-23-4-2-3-17-28-23)25(30)16-7-19-5-12-22(27)13-6-19/h2-6,10-15,17,20,26H,7-9,16,18H2,1H3. The molecular formula is C26H27FN2O2. The number of aromatic nitrogens is 1. The Balaban J connectivity index is 1.58. The van der Waals surface area contributed by atoms with Gasteiger partial charge in [0.1, 0.15) is 11.6 Å². The fourth-order valence-electron chi connectivity index (χ4n) is 3.97. The summed E-state index contributed by atoms with van der Waals surface area (Å²) in [5.41, 5.74) is 2.95. The number of halogens is 1. The molecule has 31 heavy (non-hydrogen) atoms. The van der Waals surface area contributed by atoms with Crippen molar-refractivity contribution >= 4 is 5.91 Å². The van der Waals surface area contributed by atoms with Crippen LogP contribution < -0.4 is 4.74 Å². The number of hydrogen-bond acceptors (Lipinski definition) is 3. The van der Waals surface area contributed by atoms with Gasteiger partial charge in [-0.05, 0) is 72.7 Å². The molecule has 5 heteroatoms. The molecule has 1 unspecified atom stereocenters. The van der Waals surface area contributed by atoms with Crippen molar-refractivity contribution in [2.45, 2.75) is 38.3 Å². The average Bonchev–Trinajstić information content (AvgIpc) is 3.64. The van der Waals surface area contributed by atoms with Gasteiger partial charge in [-0.25, -0.2) is 4.39 Å². The van der Waals surface area contributed by atoms with Crippen LogP contribution in [0.3, 0.4) is 0 Å². The van der Waals surface area contributed by atoms with Gasteiger partial charge in [0, 0.05) is 12.6 Å². The molecule has 0 radical (unpaired) electrons. The molecule has 160 valence electrons. The number of amides is 1. The smallest absolute Gasteiger partial charge is 0.223 e. The summed E-state index contributed by atoms with van der Waals surface area (Å²) in [6.45, 7) is 0.469. The van der Waals surface area contributed by atoms with Crippen LogP contribution in [-0.2, 0) is 17.8 Å². The second-order valence-corrected chi connectivity index (χ2v) is 8.02. The van der Waals surface area contributed by atoms with Crippen molar-refractivity contribution in [1.29, 1.82) is 0 Å². The summed E-state index contributed by atoms with van der Waals surface area (Å²) in [6, 6.07) is 20.2. The zero-order valence-electron chi connectivity index (χ0n) is 17.7. The van der Waals surface area contributed by atoms with Gasteiger partial charge in [-0.2, -0.15) is 0 Å². The first-order valence-corrected chi connectivity index (χ1v) is 10.7. The third-order valence-corrected chi connectivity index (χ3v) is 5.78. The largest absolute Gasteiger partial charge is 0.497 e. The summed E-state index contributed by atoms with van der Waals surface area (Å²) < 4.78 is 18.5. The minimum atomic E-state index is -0.264. The predicted octanol–water partition coefficient (Wildman–Crippen LogP) is 5.34. The Morgan fingerprint density at radius 3 is 2.45 bits per heavy atom. The summed E-state index contributed by atoms with van der Waals surface area (Å²) in [5.74, 6) is 1.08. The molecule has 1 amide bonds. The fraction of sp³-hybridized carbons (Fsp3) is 0.308. The van der Waals surface area contributed by atoms with E-state index >= 15 is 0 Å². The van der Waals surface area contributed by atoms with E-state index in [1.54, 1.807) is 25.4 Å². The number of carbonyl (C=O) groups is 1. The van der Waals surface area contributed by atoms with E-state index in [0.717, 1.165) is 35.4 Å². The molecule has 0 bridgehead atoms. The number of aryl methyl sites for hydroxylation is 1. The SMILES string of the molecule is COc1ccc(C(C2CC2)N(Cc2ccccn2)C(=O)CCc2ccc(F)cc2)cc1. The van der Waals surface area contributed by atoms with Gasteiger partial charge in [0.2, 0.25) is 5.91 Å². The molecule has 1 fully saturated rings. The Morgan fingerprint density at radius 1 is 1.10 bits per heavy atom. The Labute approximate surface area is 182 Å². The fourth-order valence-corrected chi connectivity index (χ4v) is 3.97. The maximum atomic E-state index is 13.5. The van der Waals surface area contributed by atoms with Gasteiger partial charge in [-0.1, -0.05) is 30.3 Å². The van der Waals surface area contributed by atoms with Crippen molar-refractivity contribution in [3.63, 3.8) is 0 Å². The molecule has 0 aliphatic heterocycles. The van der Waals surface area contributed by atoms with E-state index in [0.29, 0.717) is 25.3 Å². The summed E-state index contributed by atoms with van der Waals surface area (Å²) in [7, 11) is 1.65. The molecule has 2 aromatic carbocycles. The number of hydrogen-bond donors (Lipinski definition) is 0. The lowest BCUT2D eigenvalue weighted by molar-refractivity contribution is -0.135. The maximum absolute atomic E-state index is 13.5. The highest BCUT2D eigenvalue weighted by molar-refractivity contribution is 5.77. The van der Waals surface area contributed by atoms with Gasteiger partial charge in [-0.3, -0.25) is 9.78 Å². The highest BCUT2D eigenvalue weighted by Gasteiger charge is 2.38. The normalized spacial score (nSPS) is 14.1. The van der Waals surface area contributed by atoms with Crippen LogP contribution in [0.15, 0.2) is 72.9 Å². The van der Waals surface area contributed by atoms with Crippen molar-refractivity contribution in [2.24, 2.45) is 5.92 Å². The van der Waals surface area contributed by atoms with Crippen LogP contribution in [0.4, 0.5) is 4.39 Å². The highest BCUT2D eigenvalue weighted by Crippen LogP contribution is 2.45. The molecule has 4 nitrogen and oxygen atoms in total. The molecule has 3 aromatic rings. The van der Waals surface area contributed by atoms with Gasteiger partial charge in [-0.15, -0.1) is 0 Å². The molecule has 1 aliphatic rings. The monoisotopic (exact) mass is 418 g/mol. The second-order valence-electron chi connectivity index (χ2n) is 8.02. The van der Waals surface area contributed by atoms with E-state index in [-0.39, 0.29) is 17.8 Å². The third-order valence-electron chi connectivity index (χ3n) is 5.78. The summed E-state index contributed by atoms with van der Waals surface area (Å²) in [4.78, 5) is 19.9. The maximum Gasteiger partial charge on any atom is 0.223 e. The number of benzene rings is 2. The van der Waals surface area contributed by atoms with Gasteiger partial charge in [0.25, 0.3) is 0 Å². The molecule has 0 saturated heterocycles. The van der Waals surface area contributed by atoms with E-state index < -0.39 is 0 Å². The molecular weight excluding hydrogens is 391 g/mol. The lowest BCUT2D eigenvalue weighted by atomic mass is 9.98. The molecule has 0 spiro atoms. The lowest BCUT2D eigenvalue weighted by Crippen LogP contribution is -2.36. The van der Waals surface area contributed by atoms with Gasteiger partial charge >= 0.3 is 0 Å². The number of ether oxygens (including phenoxy) is 1. The Hall–Kier alpha value is -3.21. The predicted molar refractivity (Wildman–Crippen MR) is 118 cm³/mol. The van der Waals surface area contributed by atoms with E-state index in [1.807, 2.05) is 35.2 Å². The highest BCUT2D eigenvalue weighted by atomic mass is 19.1. The molecule has 0 N–H and O–H groups in total. The van der Waals surface area contributed by atoms with Gasteiger partial charge in [0.15, 0.2) is 0 Å². The van der Waals surface area contributed by atoms with Crippen molar-refractivity contribution in [3.8, 4) is 5.75 Å². The molecule has 1 aromatic heterocycles. The van der Waals surface area contributed by atoms with Gasteiger partial charge < -0.3 is 9.64 Å². The molecule has 1 aliphatic carbocycles. The van der Waals surface area contributed by atoms with Crippen LogP contribution in [0.1, 0.15) is 42.1 Å². The Bertz CT molecular complexity index is 986. The van der Waals surface area contributed by atoms with Crippen molar-refractivity contribution in [3.05, 3.63) is 95.6 Å². The van der Waals surface area contributed by atoms with Crippen molar-refractivity contribution in [2.75, 3.05) is 7.11 Å². The third kappa shape index (κ3) is 5.48. The first-order chi connectivity index (χ1) is 15.1. The van der Waals surface area contributed by atoms with Crippen LogP contribution in [-0.4, -0.2) is 22.9 Å². The topological polar surface area (TPSA) is 42.4 Å². The van der Waals surface area contributed by atoms with Crippen molar-refractivity contribution < 1.29 is 13.9 Å². The summed E-state index contributed by atoms with van der Waals surface area (Å²) >= 11 is 0. The summed E-state index contributed by atoms with van der Waals surface area (Å²) in [6.07, 6.45) is 4.94. The summed E-state index contributed by atoms with van der Waals surface area (Å²) in [5, 5.41) is 0. The first kappa shape index (κ1) is 21.0. The molecule has 4 rings (SSSR count). The second kappa shape index (κ2) is 9.73. The van der Waals surface area contributed by atoms with Crippen LogP contribution in [0.25, 0.3) is 0 Å². The molecule has 1 saturated carbocycles.